The van der Waals surface area contributed by atoms with Gasteiger partial charge in [0.05, 0.1) is 115 Å². The van der Waals surface area contributed by atoms with Crippen LogP contribution in [0.5, 0.6) is 0 Å². The van der Waals surface area contributed by atoms with Crippen molar-refractivity contribution in [3.05, 3.63) is 409 Å². The number of sulfone groups is 1. The Morgan fingerprint density at radius 2 is 0.483 bits per heavy atom. The van der Waals surface area contributed by atoms with Gasteiger partial charge in [-0.05, 0) is 423 Å². The minimum atomic E-state index is -3.59. The molecule has 0 saturated heterocycles. The number of aromatic nitrogens is 1. The molecule has 0 aliphatic carbocycles. The molecule has 758 valence electrons. The lowest BCUT2D eigenvalue weighted by Gasteiger charge is -2.38. The predicted molar refractivity (Wildman–Crippen MR) is 631 cm³/mol. The third-order valence-electron chi connectivity index (χ3n) is 29.3. The first-order valence-electron chi connectivity index (χ1n) is 51.9. The van der Waals surface area contributed by atoms with Crippen LogP contribution >= 0.6 is 11.8 Å². The van der Waals surface area contributed by atoms with Crippen LogP contribution in [0, 0.1) is 138 Å². The standard InChI is InChI=1S/C30H35N.C27H29NO.C26H29NO2S.C26H29NOS.C26H29NS/c1-18(2)28-24-14-19(3)10-12-26(24)31(27-13-11-20(4)15-25(27)28)29-21(5)16-23(17-22(29)6)30(7,8)9;1-16-8-10-23-21(12-16)26(29)22-13-17(2)9-11-24(22)28(23)25-18(3)14-20(15-19(25)4)27(5,6)7;1-16-8-10-21-23(12-16)30(28,29)24-13-17(2)9-11-22(24)27(21)25-18(3)14-20(15-19(25)4)26(5,6)7;1-16-8-10-21-23(12-16)29(28)24-13-17(2)9-11-22(24)27(21)25-18(3)14-20(15-19(25)4)26(5,6)7;1-16-8-10-21-23(12-16)28-24-13-17(2)9-11-22(24)27(21)25-18(3)14-20(15-19(25)4)26(5,6)7/h10-17H,1-9H3;8-15H,1-7H3;8-15H,1-7H3;8-15H,1-7H3;8-15H,1-7H3. The molecule has 0 fully saturated rings. The van der Waals surface area contributed by atoms with Gasteiger partial charge in [-0.25, -0.2) is 12.6 Å². The Morgan fingerprint density at radius 1 is 0.259 bits per heavy atom. The first-order chi connectivity index (χ1) is 68.7. The summed E-state index contributed by atoms with van der Waals surface area (Å²) in [6.45, 7) is 81.1. The highest BCUT2D eigenvalue weighted by atomic mass is 32.2. The van der Waals surface area contributed by atoms with Crippen LogP contribution in [-0.4, -0.2) is 17.2 Å². The molecule has 147 heavy (non-hydrogen) atoms. The quantitative estimate of drug-likeness (QED) is 0.156. The highest BCUT2D eigenvalue weighted by molar-refractivity contribution is 7.99. The van der Waals surface area contributed by atoms with Gasteiger partial charge in [-0.1, -0.05) is 265 Å². The molecule has 0 spiro atoms. The SMILES string of the molecule is CC(C)=C1c2cc(C)ccc2N(c2c(C)cc(C(C)(C)C)cc2C)c2ccc(C)cc21.Cc1ccc2c(c1)S(=O)(=O)c1cc(C)ccc1N2c1c(C)cc(C(C)(C)C)cc1C.Cc1ccc2c(c1)S(=O)c1cc(C)ccc1N2c1c(C)cc(C(C)(C)C)cc1C.Cc1ccc2c(c1)Sc1cc(C)ccc1N2c1c(C)cc(C(C)(C)C)cc1C.Cc1ccc2c(c1)c(=O)c1cc(C)ccc1n2-c1c(C)cc(C(C)(C)C)cc1C. The second-order valence-corrected chi connectivity index (χ2v) is 52.1. The number of aryl methyl sites for hydroxylation is 20. The molecule has 4 aliphatic heterocycles. The Kier molecular flexibility index (Phi) is 29.1. The maximum absolute atomic E-state index is 13.5. The highest BCUT2D eigenvalue weighted by Crippen LogP contribution is 2.58. The molecular formula is C135H151N5O4S3. The number of hydrogen-bond donors (Lipinski definition) is 0. The summed E-state index contributed by atoms with van der Waals surface area (Å²) in [5.41, 5.74) is 53.3. The fourth-order valence-electron chi connectivity index (χ4n) is 21.6. The van der Waals surface area contributed by atoms with E-state index in [0.29, 0.717) is 21.2 Å². The van der Waals surface area contributed by atoms with Gasteiger partial charge in [0.15, 0.2) is 5.43 Å². The van der Waals surface area contributed by atoms with Crippen LogP contribution in [0.3, 0.4) is 0 Å². The van der Waals surface area contributed by atoms with Gasteiger partial charge in [-0.3, -0.25) is 4.79 Å². The number of fused-ring (bicyclic) bond motifs is 10. The summed E-state index contributed by atoms with van der Waals surface area (Å²) in [5, 5.41) is 1.56. The molecule has 0 bridgehead atoms. The van der Waals surface area contributed by atoms with E-state index in [4.69, 9.17) is 0 Å². The van der Waals surface area contributed by atoms with Crippen molar-refractivity contribution in [2.45, 2.75) is 313 Å². The Labute approximate surface area is 885 Å². The summed E-state index contributed by atoms with van der Waals surface area (Å²) in [7, 11) is -4.76. The monoisotopic (exact) mass is 2000 g/mol. The second-order valence-electron chi connectivity index (χ2n) is 47.7. The minimum absolute atomic E-state index is 0.0450. The first kappa shape index (κ1) is 107. The van der Waals surface area contributed by atoms with Crippen LogP contribution in [0.1, 0.15) is 268 Å². The zero-order valence-electron chi connectivity index (χ0n) is 94.2. The summed E-state index contributed by atoms with van der Waals surface area (Å²) in [6.07, 6.45) is 0. The zero-order valence-corrected chi connectivity index (χ0v) is 96.6. The van der Waals surface area contributed by atoms with Crippen molar-refractivity contribution in [3.63, 3.8) is 0 Å². The van der Waals surface area contributed by atoms with E-state index in [1.54, 1.807) is 12.1 Å². The lowest BCUT2D eigenvalue weighted by molar-refractivity contribution is 0.588. The van der Waals surface area contributed by atoms with E-state index >= 15 is 0 Å². The molecule has 15 aromatic carbocycles. The third-order valence-corrected chi connectivity index (χ3v) is 33.7. The van der Waals surface area contributed by atoms with E-state index in [-0.39, 0.29) is 32.5 Å². The summed E-state index contributed by atoms with van der Waals surface area (Å²) < 4.78 is 42.7. The molecule has 0 atom stereocenters. The van der Waals surface area contributed by atoms with Gasteiger partial charge in [-0.2, -0.15) is 0 Å². The van der Waals surface area contributed by atoms with E-state index in [9.17, 15) is 17.4 Å². The number of anilines is 12. The van der Waals surface area contributed by atoms with Crippen molar-refractivity contribution >= 4 is 128 Å². The summed E-state index contributed by atoms with van der Waals surface area (Å²) >= 11 is 1.89. The number of hydrogen-bond acceptors (Lipinski definition) is 9. The third kappa shape index (κ3) is 20.9. The molecule has 5 heterocycles. The molecule has 0 saturated carbocycles. The molecule has 0 radical (unpaired) electrons. The first-order valence-corrected chi connectivity index (χ1v) is 55.4. The van der Waals surface area contributed by atoms with Crippen molar-refractivity contribution in [1.29, 1.82) is 0 Å². The van der Waals surface area contributed by atoms with Crippen LogP contribution < -0.4 is 25.0 Å². The molecule has 0 N–H and O–H groups in total. The second kappa shape index (κ2) is 40.0. The maximum atomic E-state index is 13.5. The Morgan fingerprint density at radius 3 is 0.776 bits per heavy atom. The number of nitrogens with zero attached hydrogens (tertiary/aromatic N) is 5. The van der Waals surface area contributed by atoms with E-state index in [1.807, 2.05) is 75.9 Å². The topological polar surface area (TPSA) is 86.2 Å². The van der Waals surface area contributed by atoms with Crippen LogP contribution in [0.25, 0.3) is 33.1 Å². The van der Waals surface area contributed by atoms with E-state index < -0.39 is 20.6 Å². The lowest BCUT2D eigenvalue weighted by atomic mass is 9.83. The summed E-state index contributed by atoms with van der Waals surface area (Å²) in [6, 6.07) is 86.9. The summed E-state index contributed by atoms with van der Waals surface area (Å²) in [5.74, 6) is 0. The van der Waals surface area contributed by atoms with Crippen LogP contribution in [0.4, 0.5) is 68.2 Å². The van der Waals surface area contributed by atoms with Crippen molar-refractivity contribution in [3.8, 4) is 5.69 Å². The zero-order chi connectivity index (χ0) is 107. The smallest absolute Gasteiger partial charge is 0.210 e. The van der Waals surface area contributed by atoms with Gasteiger partial charge in [0.1, 0.15) is 0 Å². The largest absolute Gasteiger partial charge is 0.309 e. The van der Waals surface area contributed by atoms with E-state index in [1.165, 1.54) is 172 Å². The minimum Gasteiger partial charge on any atom is -0.309 e. The van der Waals surface area contributed by atoms with E-state index in [0.717, 1.165) is 93.2 Å². The fraction of sp³-hybridized carbons (Fsp3) is 0.311. The molecule has 9 nitrogen and oxygen atoms in total. The molecular weight excluding hydrogens is 1850 g/mol. The van der Waals surface area contributed by atoms with Crippen LogP contribution in [-0.2, 0) is 47.7 Å². The number of allylic oxidation sites excluding steroid dienone is 1. The normalized spacial score (nSPS) is 13.5. The van der Waals surface area contributed by atoms with Gasteiger partial charge >= 0.3 is 0 Å². The Balaban J connectivity index is 0.000000131. The van der Waals surface area contributed by atoms with Gasteiger partial charge in [0.2, 0.25) is 9.84 Å². The Hall–Kier alpha value is -12.8. The van der Waals surface area contributed by atoms with Gasteiger partial charge in [0.25, 0.3) is 0 Å². The predicted octanol–water partition coefficient (Wildman–Crippen LogP) is 37.7. The average Bonchev–Trinajstić information content (AvgIpc) is 0.760. The Bertz CT molecular complexity index is 7900. The molecule has 20 rings (SSSR count). The molecule has 0 unspecified atom stereocenters. The molecule has 4 aliphatic rings. The molecule has 16 aromatic rings. The molecule has 12 heteroatoms. The highest BCUT2D eigenvalue weighted by Gasteiger charge is 2.40. The van der Waals surface area contributed by atoms with E-state index in [2.05, 4.69) is 447 Å². The van der Waals surface area contributed by atoms with Crippen LogP contribution in [0.2, 0.25) is 0 Å². The average molecular weight is 2000 g/mol. The van der Waals surface area contributed by atoms with Gasteiger partial charge < -0.3 is 24.2 Å². The van der Waals surface area contributed by atoms with Crippen molar-refractivity contribution in [1.82, 2.24) is 4.57 Å². The molecule has 1 aromatic heterocycles. The van der Waals surface area contributed by atoms with Gasteiger partial charge in [0, 0.05) is 31.7 Å². The van der Waals surface area contributed by atoms with Crippen molar-refractivity contribution < 1.29 is 12.6 Å². The lowest BCUT2D eigenvalue weighted by Crippen LogP contribution is -2.24. The number of rotatable bonds is 5. The van der Waals surface area contributed by atoms with Crippen molar-refractivity contribution in [2.75, 3.05) is 19.6 Å². The summed E-state index contributed by atoms with van der Waals surface area (Å²) in [4.78, 5) is 27.9. The van der Waals surface area contributed by atoms with Crippen molar-refractivity contribution in [2.24, 2.45) is 0 Å². The number of benzene rings is 15. The van der Waals surface area contributed by atoms with Crippen LogP contribution in [0.15, 0.2) is 282 Å². The molecule has 0 amide bonds. The fourth-order valence-corrected chi connectivity index (χ4v) is 26.2. The van der Waals surface area contributed by atoms with Gasteiger partial charge in [-0.15, -0.1) is 0 Å². The number of pyridine rings is 1. The maximum Gasteiger partial charge on any atom is 0.210 e.